The highest BCUT2D eigenvalue weighted by atomic mass is 32.2. The maximum absolute atomic E-state index is 13.4. The zero-order valence-electron chi connectivity index (χ0n) is 17.0. The predicted octanol–water partition coefficient (Wildman–Crippen LogP) is 2.73. The van der Waals surface area contributed by atoms with Gasteiger partial charge in [-0.1, -0.05) is 24.3 Å². The van der Waals surface area contributed by atoms with Crippen LogP contribution in [0.25, 0.3) is 11.0 Å². The van der Waals surface area contributed by atoms with E-state index in [-0.39, 0.29) is 10.6 Å². The monoisotopic (exact) mass is 421 g/mol. The predicted molar refractivity (Wildman–Crippen MR) is 116 cm³/mol. The third-order valence-corrected chi connectivity index (χ3v) is 7.24. The molecule has 0 amide bonds. The Labute approximate surface area is 176 Å². The topological polar surface area (TPSA) is 90.2 Å². The van der Waals surface area contributed by atoms with E-state index in [1.54, 1.807) is 18.2 Å². The van der Waals surface area contributed by atoms with Gasteiger partial charge in [0, 0.05) is 26.2 Å². The van der Waals surface area contributed by atoms with Crippen molar-refractivity contribution in [3.05, 3.63) is 59.8 Å². The third kappa shape index (κ3) is 3.74. The van der Waals surface area contributed by atoms with Gasteiger partial charge in [0.15, 0.2) is 11.1 Å². The number of fused-ring (bicyclic) bond motifs is 1. The van der Waals surface area contributed by atoms with Gasteiger partial charge < -0.3 is 9.80 Å². The van der Waals surface area contributed by atoms with Crippen molar-refractivity contribution in [2.75, 3.05) is 38.1 Å². The first-order valence-corrected chi connectivity index (χ1v) is 11.3. The van der Waals surface area contributed by atoms with Gasteiger partial charge in [-0.3, -0.25) is 0 Å². The number of rotatable bonds is 4. The lowest BCUT2D eigenvalue weighted by molar-refractivity contribution is 0.312. The van der Waals surface area contributed by atoms with Crippen LogP contribution in [0.2, 0.25) is 0 Å². The smallest absolute Gasteiger partial charge is 0.200 e. The van der Waals surface area contributed by atoms with E-state index in [0.29, 0.717) is 29.9 Å². The molecular weight excluding hydrogens is 398 g/mol. The number of hydrogen-bond donors (Lipinski definition) is 0. The summed E-state index contributed by atoms with van der Waals surface area (Å²) in [5, 5.41) is 8.52. The average molecular weight is 422 g/mol. The summed E-state index contributed by atoms with van der Waals surface area (Å²) in [4.78, 5) is 13.7. The normalized spacial score (nSPS) is 16.4. The largest absolute Gasteiger partial charge is 0.352 e. The van der Waals surface area contributed by atoms with Gasteiger partial charge in [0.25, 0.3) is 0 Å². The first kappa shape index (κ1) is 20.3. The molecule has 1 aliphatic rings. The summed E-state index contributed by atoms with van der Waals surface area (Å²) < 4.78 is 26.8. The van der Waals surface area contributed by atoms with Gasteiger partial charge in [-0.2, -0.15) is 5.26 Å². The second-order valence-electron chi connectivity index (χ2n) is 7.58. The van der Waals surface area contributed by atoms with Crippen molar-refractivity contribution in [3.63, 3.8) is 0 Å². The molecule has 2 heterocycles. The molecule has 0 spiro atoms. The molecule has 1 saturated heterocycles. The van der Waals surface area contributed by atoms with Gasteiger partial charge >= 0.3 is 0 Å². The van der Waals surface area contributed by atoms with Crippen molar-refractivity contribution in [2.45, 2.75) is 17.1 Å². The number of sulfone groups is 1. The Hall–Kier alpha value is -3.02. The number of piperazine rings is 1. The van der Waals surface area contributed by atoms with E-state index in [4.69, 9.17) is 4.98 Å². The van der Waals surface area contributed by atoms with Crippen LogP contribution in [0.3, 0.4) is 0 Å². The number of anilines is 1. The Morgan fingerprint density at radius 3 is 2.30 bits per heavy atom. The summed E-state index contributed by atoms with van der Waals surface area (Å²) >= 11 is 0. The number of aryl methyl sites for hydroxylation is 1. The van der Waals surface area contributed by atoms with E-state index >= 15 is 0 Å². The molecule has 0 aliphatic carbocycles. The lowest BCUT2D eigenvalue weighted by Gasteiger charge is -2.34. The Morgan fingerprint density at radius 1 is 1.00 bits per heavy atom. The lowest BCUT2D eigenvalue weighted by atomic mass is 10.2. The maximum atomic E-state index is 13.4. The molecule has 1 aliphatic heterocycles. The lowest BCUT2D eigenvalue weighted by Crippen LogP contribution is -2.45. The SMILES string of the molecule is Cc1cccc(S(=O)(=O)[C@H](C#N)c2nc3ccccc3nc2N2CCN(C)CC2)c1. The van der Waals surface area contributed by atoms with Crippen LogP contribution >= 0.6 is 0 Å². The van der Waals surface area contributed by atoms with Crippen LogP contribution in [0.15, 0.2) is 53.4 Å². The fourth-order valence-corrected chi connectivity index (χ4v) is 5.12. The van der Waals surface area contributed by atoms with E-state index in [1.807, 2.05) is 49.2 Å². The molecule has 154 valence electrons. The number of nitrogens with zero attached hydrogens (tertiary/aromatic N) is 5. The highest BCUT2D eigenvalue weighted by molar-refractivity contribution is 7.92. The van der Waals surface area contributed by atoms with Gasteiger partial charge in [0.1, 0.15) is 5.69 Å². The summed E-state index contributed by atoms with van der Waals surface area (Å²) in [6.07, 6.45) is 0. The fourth-order valence-electron chi connectivity index (χ4n) is 3.64. The maximum Gasteiger partial charge on any atom is 0.200 e. The van der Waals surface area contributed by atoms with Crippen molar-refractivity contribution in [2.24, 2.45) is 0 Å². The molecule has 30 heavy (non-hydrogen) atoms. The minimum atomic E-state index is -3.97. The average Bonchev–Trinajstić information content (AvgIpc) is 2.74. The number of para-hydroxylation sites is 2. The van der Waals surface area contributed by atoms with Crippen molar-refractivity contribution < 1.29 is 8.42 Å². The summed E-state index contributed by atoms with van der Waals surface area (Å²) in [5.41, 5.74) is 2.27. The number of likely N-dealkylation sites (N-methyl/N-ethyl adjacent to an activating group) is 1. The van der Waals surface area contributed by atoms with E-state index in [1.165, 1.54) is 6.07 Å². The Kier molecular flexibility index (Phi) is 5.41. The molecule has 7 nitrogen and oxygen atoms in total. The molecule has 0 N–H and O–H groups in total. The fraction of sp³-hybridized carbons (Fsp3) is 0.318. The molecule has 0 bridgehead atoms. The summed E-state index contributed by atoms with van der Waals surface area (Å²) in [6.45, 7) is 4.87. The zero-order valence-corrected chi connectivity index (χ0v) is 17.8. The third-order valence-electron chi connectivity index (χ3n) is 5.37. The van der Waals surface area contributed by atoms with Gasteiger partial charge in [0.05, 0.1) is 22.0 Å². The zero-order chi connectivity index (χ0) is 21.3. The van der Waals surface area contributed by atoms with Gasteiger partial charge in [0.2, 0.25) is 9.84 Å². The van der Waals surface area contributed by atoms with Gasteiger partial charge in [-0.15, -0.1) is 0 Å². The van der Waals surface area contributed by atoms with E-state index < -0.39 is 15.1 Å². The van der Waals surface area contributed by atoms with E-state index in [2.05, 4.69) is 9.88 Å². The summed E-state index contributed by atoms with van der Waals surface area (Å²) in [5.74, 6) is 0.476. The summed E-state index contributed by atoms with van der Waals surface area (Å²) in [6, 6.07) is 16.0. The summed E-state index contributed by atoms with van der Waals surface area (Å²) in [7, 11) is -1.92. The standard InChI is InChI=1S/C22H23N5O2S/c1-16-6-5-7-17(14-16)30(28,29)20(15-23)21-22(27-12-10-26(2)11-13-27)25-19-9-4-3-8-18(19)24-21/h3-9,14,20H,10-13H2,1-2H3/t20-/m1/s1. The minimum Gasteiger partial charge on any atom is -0.352 e. The van der Waals surface area contributed by atoms with Crippen molar-refractivity contribution in [3.8, 4) is 6.07 Å². The van der Waals surface area contributed by atoms with Crippen LogP contribution in [-0.2, 0) is 9.84 Å². The molecule has 8 heteroatoms. The second kappa shape index (κ2) is 8.01. The number of benzene rings is 2. The molecule has 0 radical (unpaired) electrons. The molecule has 0 saturated carbocycles. The van der Waals surface area contributed by atoms with Crippen LogP contribution < -0.4 is 4.90 Å². The Morgan fingerprint density at radius 2 is 1.67 bits per heavy atom. The molecule has 0 unspecified atom stereocenters. The van der Waals surface area contributed by atoms with Crippen LogP contribution in [0.5, 0.6) is 0 Å². The molecular formula is C22H23N5O2S. The number of hydrogen-bond acceptors (Lipinski definition) is 7. The van der Waals surface area contributed by atoms with Gasteiger partial charge in [-0.25, -0.2) is 18.4 Å². The Bertz CT molecular complexity index is 1230. The number of aromatic nitrogens is 2. The quantitative estimate of drug-likeness (QED) is 0.640. The molecule has 3 aromatic rings. The molecule has 2 aromatic carbocycles. The van der Waals surface area contributed by atoms with Crippen molar-refractivity contribution in [1.29, 1.82) is 5.26 Å². The minimum absolute atomic E-state index is 0.119. The first-order valence-electron chi connectivity index (χ1n) is 9.80. The first-order chi connectivity index (χ1) is 14.4. The van der Waals surface area contributed by atoms with Crippen LogP contribution in [-0.4, -0.2) is 56.5 Å². The number of nitriles is 1. The van der Waals surface area contributed by atoms with Gasteiger partial charge in [-0.05, 0) is 43.8 Å². The Balaban J connectivity index is 1.89. The van der Waals surface area contributed by atoms with Crippen LogP contribution in [0.4, 0.5) is 5.82 Å². The van der Waals surface area contributed by atoms with Crippen molar-refractivity contribution in [1.82, 2.24) is 14.9 Å². The van der Waals surface area contributed by atoms with Crippen LogP contribution in [0.1, 0.15) is 16.5 Å². The highest BCUT2D eigenvalue weighted by Gasteiger charge is 2.35. The molecule has 1 fully saturated rings. The molecule has 1 atom stereocenters. The van der Waals surface area contributed by atoms with Crippen LogP contribution in [0, 0.1) is 18.3 Å². The van der Waals surface area contributed by atoms with E-state index in [0.717, 1.165) is 18.7 Å². The highest BCUT2D eigenvalue weighted by Crippen LogP contribution is 2.34. The second-order valence-corrected chi connectivity index (χ2v) is 9.61. The molecule has 1 aromatic heterocycles. The van der Waals surface area contributed by atoms with Crippen molar-refractivity contribution >= 4 is 26.7 Å². The molecule has 4 rings (SSSR count). The van der Waals surface area contributed by atoms with E-state index in [9.17, 15) is 13.7 Å².